The molecule has 0 atom stereocenters. The smallest absolute Gasteiger partial charge is 0.173 e. The van der Waals surface area contributed by atoms with Crippen LogP contribution in [0.1, 0.15) is 13.8 Å². The zero-order valence-electron chi connectivity index (χ0n) is 13.3. The monoisotopic (exact) mass is 364 g/mol. The highest BCUT2D eigenvalue weighted by molar-refractivity contribution is 7.99. The second kappa shape index (κ2) is 9.16. The van der Waals surface area contributed by atoms with Gasteiger partial charge >= 0.3 is 0 Å². The number of thioether (sulfide) groups is 1. The van der Waals surface area contributed by atoms with Crippen molar-refractivity contribution < 1.29 is 0 Å². The van der Waals surface area contributed by atoms with Crippen molar-refractivity contribution in [1.29, 1.82) is 0 Å². The first kappa shape index (κ1) is 18.1. The summed E-state index contributed by atoms with van der Waals surface area (Å²) in [7, 11) is 0. The molecule has 0 aliphatic rings. The number of benzene rings is 2. The highest BCUT2D eigenvalue weighted by Crippen LogP contribution is 2.20. The Morgan fingerprint density at radius 3 is 2.39 bits per heavy atom. The molecule has 0 aliphatic heterocycles. The van der Waals surface area contributed by atoms with Crippen molar-refractivity contribution in [2.24, 2.45) is 0 Å². The van der Waals surface area contributed by atoms with Gasteiger partial charge in [-0.05, 0) is 62.5 Å². The van der Waals surface area contributed by atoms with Gasteiger partial charge in [0.15, 0.2) is 5.11 Å². The number of nitrogens with zero attached hydrogens (tertiary/aromatic N) is 1. The van der Waals surface area contributed by atoms with E-state index in [4.69, 9.17) is 23.8 Å². The fourth-order valence-electron chi connectivity index (χ4n) is 2.18. The van der Waals surface area contributed by atoms with E-state index in [2.05, 4.69) is 36.2 Å². The van der Waals surface area contributed by atoms with Crippen LogP contribution < -0.4 is 10.2 Å². The third-order valence-electron chi connectivity index (χ3n) is 3.23. The maximum absolute atomic E-state index is 5.89. The van der Waals surface area contributed by atoms with Crippen LogP contribution >= 0.6 is 35.6 Å². The van der Waals surface area contributed by atoms with E-state index in [0.29, 0.717) is 6.04 Å². The lowest BCUT2D eigenvalue weighted by atomic mass is 10.2. The van der Waals surface area contributed by atoms with E-state index in [1.165, 1.54) is 4.90 Å². The molecule has 122 valence electrons. The number of hydrogen-bond donors (Lipinski definition) is 1. The maximum atomic E-state index is 5.89. The summed E-state index contributed by atoms with van der Waals surface area (Å²) in [6.45, 7) is 5.11. The van der Waals surface area contributed by atoms with Crippen LogP contribution in [0.25, 0.3) is 0 Å². The summed E-state index contributed by atoms with van der Waals surface area (Å²) < 4.78 is 0. The molecule has 1 N–H and O–H groups in total. The van der Waals surface area contributed by atoms with Crippen molar-refractivity contribution in [3.8, 4) is 0 Å². The van der Waals surface area contributed by atoms with Crippen LogP contribution in [0.2, 0.25) is 5.02 Å². The number of para-hydroxylation sites is 1. The highest BCUT2D eigenvalue weighted by atomic mass is 35.5. The fourth-order valence-corrected chi connectivity index (χ4v) is 3.49. The first-order valence-corrected chi connectivity index (χ1v) is 9.35. The van der Waals surface area contributed by atoms with Crippen LogP contribution in [-0.4, -0.2) is 23.5 Å². The predicted molar refractivity (Wildman–Crippen MR) is 107 cm³/mol. The van der Waals surface area contributed by atoms with Gasteiger partial charge in [0.1, 0.15) is 0 Å². The van der Waals surface area contributed by atoms with E-state index in [1.54, 1.807) is 11.8 Å². The third kappa shape index (κ3) is 5.72. The molecule has 0 saturated heterocycles. The standard InChI is InChI=1S/C18H21ClN2S2/c1-14(2)21(16-6-4-3-5-7-16)18(22)20-12-13-23-17-10-8-15(19)9-11-17/h3-11,14H,12-13H2,1-2H3,(H,20,22). The lowest BCUT2D eigenvalue weighted by Crippen LogP contribution is -2.44. The molecule has 2 nitrogen and oxygen atoms in total. The first-order chi connectivity index (χ1) is 11.1. The highest BCUT2D eigenvalue weighted by Gasteiger charge is 2.14. The minimum atomic E-state index is 0.307. The van der Waals surface area contributed by atoms with Crippen LogP contribution in [0.5, 0.6) is 0 Å². The summed E-state index contributed by atoms with van der Waals surface area (Å²) in [5.74, 6) is 0.947. The molecule has 0 spiro atoms. The molecule has 0 amide bonds. The molecule has 2 rings (SSSR count). The van der Waals surface area contributed by atoms with E-state index in [1.807, 2.05) is 42.5 Å². The third-order valence-corrected chi connectivity index (χ3v) is 4.84. The average molecular weight is 365 g/mol. The van der Waals surface area contributed by atoms with E-state index in [-0.39, 0.29) is 0 Å². The van der Waals surface area contributed by atoms with E-state index >= 15 is 0 Å². The van der Waals surface area contributed by atoms with Gasteiger partial charge in [0.25, 0.3) is 0 Å². The van der Waals surface area contributed by atoms with E-state index < -0.39 is 0 Å². The Morgan fingerprint density at radius 1 is 1.13 bits per heavy atom. The molecule has 5 heteroatoms. The minimum Gasteiger partial charge on any atom is -0.361 e. The lowest BCUT2D eigenvalue weighted by molar-refractivity contribution is 0.788. The predicted octanol–water partition coefficient (Wildman–Crippen LogP) is 5.22. The number of halogens is 1. The Balaban J connectivity index is 1.84. The molecule has 0 aliphatic carbocycles. The van der Waals surface area contributed by atoms with Gasteiger partial charge in [-0.15, -0.1) is 11.8 Å². The number of anilines is 1. The quantitative estimate of drug-likeness (QED) is 0.429. The van der Waals surface area contributed by atoms with Gasteiger partial charge in [0.05, 0.1) is 0 Å². The van der Waals surface area contributed by atoms with E-state index in [0.717, 1.165) is 28.1 Å². The van der Waals surface area contributed by atoms with Crippen LogP contribution in [0.3, 0.4) is 0 Å². The Hall–Kier alpha value is -1.23. The summed E-state index contributed by atoms with van der Waals surface area (Å²) in [4.78, 5) is 3.35. The average Bonchev–Trinajstić information content (AvgIpc) is 2.54. The molecule has 0 heterocycles. The topological polar surface area (TPSA) is 15.3 Å². The molecule has 0 radical (unpaired) electrons. The summed E-state index contributed by atoms with van der Waals surface area (Å²) in [5.41, 5.74) is 1.12. The largest absolute Gasteiger partial charge is 0.361 e. The van der Waals surface area contributed by atoms with Gasteiger partial charge in [-0.2, -0.15) is 0 Å². The fraction of sp³-hybridized carbons (Fsp3) is 0.278. The number of thiocarbonyl (C=S) groups is 1. The van der Waals surface area contributed by atoms with Crippen molar-refractivity contribution in [2.45, 2.75) is 24.8 Å². The van der Waals surface area contributed by atoms with Crippen LogP contribution in [0, 0.1) is 0 Å². The van der Waals surface area contributed by atoms with Gasteiger partial charge in [-0.25, -0.2) is 0 Å². The van der Waals surface area contributed by atoms with E-state index in [9.17, 15) is 0 Å². The molecular formula is C18H21ClN2S2. The van der Waals surface area contributed by atoms with Crippen molar-refractivity contribution in [3.63, 3.8) is 0 Å². The van der Waals surface area contributed by atoms with Crippen molar-refractivity contribution in [2.75, 3.05) is 17.2 Å². The summed E-state index contributed by atoms with van der Waals surface area (Å²) in [6, 6.07) is 18.4. The van der Waals surface area contributed by atoms with Gasteiger partial charge in [0.2, 0.25) is 0 Å². The molecule has 2 aromatic carbocycles. The Labute approximate surface area is 153 Å². The molecule has 0 bridgehead atoms. The second-order valence-corrected chi connectivity index (χ2v) is 7.33. The Kier molecular flexibility index (Phi) is 7.21. The Morgan fingerprint density at radius 2 is 1.78 bits per heavy atom. The maximum Gasteiger partial charge on any atom is 0.173 e. The number of hydrogen-bond acceptors (Lipinski definition) is 2. The number of nitrogens with one attached hydrogen (secondary N) is 1. The molecule has 0 saturated carbocycles. The number of rotatable bonds is 6. The van der Waals surface area contributed by atoms with Gasteiger partial charge in [0, 0.05) is 33.9 Å². The summed E-state index contributed by atoms with van der Waals surface area (Å²) >= 11 is 13.2. The van der Waals surface area contributed by atoms with Crippen molar-refractivity contribution in [3.05, 3.63) is 59.6 Å². The van der Waals surface area contributed by atoms with Crippen molar-refractivity contribution in [1.82, 2.24) is 5.32 Å². The van der Waals surface area contributed by atoms with Gasteiger partial charge in [-0.3, -0.25) is 0 Å². The second-order valence-electron chi connectivity index (χ2n) is 5.33. The van der Waals surface area contributed by atoms with Gasteiger partial charge < -0.3 is 10.2 Å². The van der Waals surface area contributed by atoms with Crippen LogP contribution in [0.15, 0.2) is 59.5 Å². The molecule has 0 aromatic heterocycles. The zero-order chi connectivity index (χ0) is 16.7. The summed E-state index contributed by atoms with van der Waals surface area (Å²) in [5, 5.41) is 4.89. The van der Waals surface area contributed by atoms with Crippen LogP contribution in [0.4, 0.5) is 5.69 Å². The molecule has 2 aromatic rings. The Bertz CT molecular complexity index is 615. The minimum absolute atomic E-state index is 0.307. The molecular weight excluding hydrogens is 344 g/mol. The van der Waals surface area contributed by atoms with Crippen molar-refractivity contribution >= 4 is 46.4 Å². The first-order valence-electron chi connectivity index (χ1n) is 7.58. The normalized spacial score (nSPS) is 10.6. The lowest BCUT2D eigenvalue weighted by Gasteiger charge is -2.29. The molecule has 0 unspecified atom stereocenters. The van der Waals surface area contributed by atoms with Crippen LogP contribution in [-0.2, 0) is 0 Å². The molecule has 23 heavy (non-hydrogen) atoms. The van der Waals surface area contributed by atoms with Gasteiger partial charge in [-0.1, -0.05) is 29.8 Å². The molecule has 0 fully saturated rings. The summed E-state index contributed by atoms with van der Waals surface area (Å²) in [6.07, 6.45) is 0. The SMILES string of the molecule is CC(C)N(C(=S)NCCSc1ccc(Cl)cc1)c1ccccc1. The zero-order valence-corrected chi connectivity index (χ0v) is 15.7.